The molecule has 1 aromatic rings. The van der Waals surface area contributed by atoms with Crippen molar-refractivity contribution >= 4 is 45.8 Å². The smallest absolute Gasteiger partial charge is 0.299 e. The van der Waals surface area contributed by atoms with Crippen LogP contribution >= 0.6 is 12.4 Å². The molecule has 0 spiro atoms. The zero-order valence-corrected chi connectivity index (χ0v) is 16.2. The van der Waals surface area contributed by atoms with E-state index in [1.807, 2.05) is 13.8 Å². The van der Waals surface area contributed by atoms with E-state index < -0.39 is 28.1 Å². The number of nitrogens with zero attached hydrogens (tertiary/aromatic N) is 1. The van der Waals surface area contributed by atoms with Gasteiger partial charge in [0.15, 0.2) is 0 Å². The van der Waals surface area contributed by atoms with Crippen LogP contribution in [0, 0.1) is 5.92 Å². The summed E-state index contributed by atoms with van der Waals surface area (Å²) in [5, 5.41) is 10.3. The van der Waals surface area contributed by atoms with Gasteiger partial charge in [0.05, 0.1) is 18.3 Å². The van der Waals surface area contributed by atoms with Gasteiger partial charge in [-0.15, -0.1) is 12.4 Å². The van der Waals surface area contributed by atoms with Crippen molar-refractivity contribution < 1.29 is 18.0 Å². The SMILES string of the molecule is CC(C)[C@H](N)C(=O)NCC(=O)Nc1ccc2c(c1)N(S(N)(=O)=O)CC2.Cl. The molecule has 0 bridgehead atoms. The van der Waals surface area contributed by atoms with E-state index in [9.17, 15) is 18.0 Å². The molecule has 6 N–H and O–H groups in total. The molecule has 146 valence electrons. The summed E-state index contributed by atoms with van der Waals surface area (Å²) in [5.41, 5.74) is 7.40. The van der Waals surface area contributed by atoms with Crippen LogP contribution < -0.4 is 25.8 Å². The highest BCUT2D eigenvalue weighted by Gasteiger charge is 2.27. The number of nitrogens with two attached hydrogens (primary N) is 2. The summed E-state index contributed by atoms with van der Waals surface area (Å²) in [5.74, 6) is -0.882. The molecule has 1 aliphatic heterocycles. The monoisotopic (exact) mass is 405 g/mol. The number of fused-ring (bicyclic) bond motifs is 1. The molecule has 9 nitrogen and oxygen atoms in total. The average Bonchev–Trinajstić information content (AvgIpc) is 2.95. The topological polar surface area (TPSA) is 148 Å². The molecule has 0 fully saturated rings. The van der Waals surface area contributed by atoms with Gasteiger partial charge in [0.25, 0.3) is 10.2 Å². The first kappa shape index (κ1) is 22.2. The Morgan fingerprint density at radius 2 is 1.96 bits per heavy atom. The van der Waals surface area contributed by atoms with E-state index >= 15 is 0 Å². The summed E-state index contributed by atoms with van der Waals surface area (Å²) in [6.45, 7) is 3.67. The number of anilines is 2. The second kappa shape index (κ2) is 8.67. The van der Waals surface area contributed by atoms with E-state index in [-0.39, 0.29) is 31.4 Å². The van der Waals surface area contributed by atoms with E-state index in [0.29, 0.717) is 17.8 Å². The molecule has 1 aromatic carbocycles. The summed E-state index contributed by atoms with van der Waals surface area (Å²) < 4.78 is 24.3. The maximum Gasteiger partial charge on any atom is 0.299 e. The van der Waals surface area contributed by atoms with Crippen molar-refractivity contribution in [2.45, 2.75) is 26.3 Å². The molecule has 0 saturated heterocycles. The third kappa shape index (κ3) is 5.31. The molecule has 0 unspecified atom stereocenters. The minimum absolute atomic E-state index is 0. The lowest BCUT2D eigenvalue weighted by Gasteiger charge is -2.17. The summed E-state index contributed by atoms with van der Waals surface area (Å²) in [4.78, 5) is 23.7. The lowest BCUT2D eigenvalue weighted by molar-refractivity contribution is -0.125. The quantitative estimate of drug-likeness (QED) is 0.513. The molecule has 0 saturated carbocycles. The molecule has 1 aliphatic rings. The first-order chi connectivity index (χ1) is 11.6. The number of hydrogen-bond donors (Lipinski definition) is 4. The van der Waals surface area contributed by atoms with Crippen LogP contribution in [0.5, 0.6) is 0 Å². The zero-order valence-electron chi connectivity index (χ0n) is 14.6. The molecule has 0 aliphatic carbocycles. The van der Waals surface area contributed by atoms with Gasteiger partial charge in [0.2, 0.25) is 11.8 Å². The Morgan fingerprint density at radius 3 is 2.54 bits per heavy atom. The largest absolute Gasteiger partial charge is 0.346 e. The molecular weight excluding hydrogens is 382 g/mol. The number of carbonyl (C=O) groups is 2. The van der Waals surface area contributed by atoms with E-state index in [2.05, 4.69) is 10.6 Å². The van der Waals surface area contributed by atoms with Gasteiger partial charge in [-0.2, -0.15) is 8.42 Å². The maximum atomic E-state index is 12.0. The lowest BCUT2D eigenvalue weighted by Crippen LogP contribution is -2.46. The van der Waals surface area contributed by atoms with Crippen LogP contribution in [0.3, 0.4) is 0 Å². The molecule has 2 amide bonds. The standard InChI is InChI=1S/C15H23N5O4S.ClH/c1-9(2)14(16)15(22)18-8-13(21)19-11-4-3-10-5-6-20(12(10)7-11)25(17,23)24;/h3-4,7,9,14H,5-6,8,16H2,1-2H3,(H,18,22)(H,19,21)(H2,17,23,24);1H/t14-;/m0./s1. The first-order valence-electron chi connectivity index (χ1n) is 7.86. The van der Waals surface area contributed by atoms with Gasteiger partial charge >= 0.3 is 0 Å². The van der Waals surface area contributed by atoms with Gasteiger partial charge < -0.3 is 16.4 Å². The van der Waals surface area contributed by atoms with Crippen LogP contribution in [-0.4, -0.2) is 39.4 Å². The average molecular weight is 406 g/mol. The molecule has 26 heavy (non-hydrogen) atoms. The zero-order chi connectivity index (χ0) is 18.8. The van der Waals surface area contributed by atoms with Crippen LogP contribution in [0.15, 0.2) is 18.2 Å². The third-order valence-electron chi connectivity index (χ3n) is 3.97. The number of benzene rings is 1. The summed E-state index contributed by atoms with van der Waals surface area (Å²) in [7, 11) is -3.85. The van der Waals surface area contributed by atoms with Crippen molar-refractivity contribution in [3.05, 3.63) is 23.8 Å². The van der Waals surface area contributed by atoms with Crippen LogP contribution in [0.2, 0.25) is 0 Å². The van der Waals surface area contributed by atoms with E-state index in [0.717, 1.165) is 9.87 Å². The van der Waals surface area contributed by atoms with Crippen LogP contribution in [0.4, 0.5) is 11.4 Å². The highest BCUT2D eigenvalue weighted by Crippen LogP contribution is 2.31. The fourth-order valence-electron chi connectivity index (χ4n) is 2.49. The molecule has 0 radical (unpaired) electrons. The van der Waals surface area contributed by atoms with Crippen LogP contribution in [0.1, 0.15) is 19.4 Å². The Labute approximate surface area is 159 Å². The number of hydrogen-bond acceptors (Lipinski definition) is 5. The fraction of sp³-hybridized carbons (Fsp3) is 0.467. The van der Waals surface area contributed by atoms with Crippen molar-refractivity contribution in [1.29, 1.82) is 0 Å². The van der Waals surface area contributed by atoms with Crippen LogP contribution in [-0.2, 0) is 26.2 Å². The Hall–Kier alpha value is -1.88. The molecule has 11 heteroatoms. The van der Waals surface area contributed by atoms with Gasteiger partial charge in [0.1, 0.15) is 0 Å². The predicted molar refractivity (Wildman–Crippen MR) is 102 cm³/mol. The van der Waals surface area contributed by atoms with Crippen molar-refractivity contribution in [3.63, 3.8) is 0 Å². The molecule has 1 atom stereocenters. The minimum Gasteiger partial charge on any atom is -0.346 e. The van der Waals surface area contributed by atoms with Gasteiger partial charge in [-0.05, 0) is 30.0 Å². The Balaban J connectivity index is 0.00000338. The van der Waals surface area contributed by atoms with Gasteiger partial charge in [-0.3, -0.25) is 13.9 Å². The van der Waals surface area contributed by atoms with Gasteiger partial charge in [0, 0.05) is 12.2 Å². The van der Waals surface area contributed by atoms with Crippen molar-refractivity contribution in [2.24, 2.45) is 16.8 Å². The van der Waals surface area contributed by atoms with E-state index in [1.165, 1.54) is 0 Å². The Morgan fingerprint density at radius 1 is 1.31 bits per heavy atom. The molecule has 1 heterocycles. The normalized spacial score (nSPS) is 14.4. The van der Waals surface area contributed by atoms with Crippen molar-refractivity contribution in [3.8, 4) is 0 Å². The lowest BCUT2D eigenvalue weighted by atomic mass is 10.1. The fourth-order valence-corrected chi connectivity index (χ4v) is 3.28. The Bertz CT molecular complexity index is 784. The summed E-state index contributed by atoms with van der Waals surface area (Å²) >= 11 is 0. The second-order valence-electron chi connectivity index (χ2n) is 6.25. The second-order valence-corrected chi connectivity index (χ2v) is 7.72. The van der Waals surface area contributed by atoms with Crippen LogP contribution in [0.25, 0.3) is 0 Å². The minimum atomic E-state index is -3.85. The number of halogens is 1. The van der Waals surface area contributed by atoms with E-state index in [4.69, 9.17) is 10.9 Å². The molecule has 0 aromatic heterocycles. The highest BCUT2D eigenvalue weighted by molar-refractivity contribution is 7.90. The number of rotatable bonds is 6. The molecule has 2 rings (SSSR count). The maximum absolute atomic E-state index is 12.0. The van der Waals surface area contributed by atoms with Crippen molar-refractivity contribution in [1.82, 2.24) is 5.32 Å². The highest BCUT2D eigenvalue weighted by atomic mass is 35.5. The third-order valence-corrected chi connectivity index (χ3v) is 4.97. The molecular formula is C15H24ClN5O4S. The van der Waals surface area contributed by atoms with Gasteiger partial charge in [-0.1, -0.05) is 19.9 Å². The van der Waals surface area contributed by atoms with Crippen molar-refractivity contribution in [2.75, 3.05) is 22.7 Å². The number of nitrogens with one attached hydrogen (secondary N) is 2. The predicted octanol–water partition coefficient (Wildman–Crippen LogP) is -0.288. The van der Waals surface area contributed by atoms with E-state index in [1.54, 1.807) is 18.2 Å². The van der Waals surface area contributed by atoms with Gasteiger partial charge in [-0.25, -0.2) is 5.14 Å². The number of carbonyl (C=O) groups excluding carboxylic acids is 2. The first-order valence-corrected chi connectivity index (χ1v) is 9.36. The summed E-state index contributed by atoms with van der Waals surface area (Å²) in [6.07, 6.45) is 0.559. The number of amides is 2. The Kier molecular flexibility index (Phi) is 7.39. The summed E-state index contributed by atoms with van der Waals surface area (Å²) in [6, 6.07) is 4.27.